The van der Waals surface area contributed by atoms with Crippen molar-refractivity contribution in [3.63, 3.8) is 0 Å². The van der Waals surface area contributed by atoms with Crippen molar-refractivity contribution in [1.82, 2.24) is 14.8 Å². The number of nitrogens with two attached hydrogens (primary N) is 1. The lowest BCUT2D eigenvalue weighted by atomic mass is 10.0. The molecular weight excluding hydrogens is 404 g/mol. The number of hydrogen-bond donors (Lipinski definition) is 1. The number of benzene rings is 1. The van der Waals surface area contributed by atoms with Crippen molar-refractivity contribution in [1.29, 1.82) is 0 Å². The zero-order valence-electron chi connectivity index (χ0n) is 16.1. The molecule has 1 aromatic heterocycles. The van der Waals surface area contributed by atoms with E-state index in [1.165, 1.54) is 41.2 Å². The summed E-state index contributed by atoms with van der Waals surface area (Å²) >= 11 is 0. The molecule has 1 atom stereocenters. The lowest BCUT2D eigenvalue weighted by Crippen LogP contribution is -2.57. The first-order valence-corrected chi connectivity index (χ1v) is 9.21. The highest BCUT2D eigenvalue weighted by atomic mass is 19.4. The van der Waals surface area contributed by atoms with Crippen LogP contribution in [0, 0.1) is 5.82 Å². The number of alkyl halides is 3. The van der Waals surface area contributed by atoms with Crippen molar-refractivity contribution in [3.05, 3.63) is 47.9 Å². The molecule has 2 amide bonds. The van der Waals surface area contributed by atoms with Crippen LogP contribution in [0.15, 0.2) is 36.5 Å². The van der Waals surface area contributed by atoms with E-state index in [0.717, 1.165) is 0 Å². The third kappa shape index (κ3) is 4.69. The lowest BCUT2D eigenvalue weighted by molar-refractivity contribution is -0.148. The Balaban J connectivity index is 1.88. The van der Waals surface area contributed by atoms with E-state index in [0.29, 0.717) is 11.1 Å². The van der Waals surface area contributed by atoms with Crippen LogP contribution in [0.3, 0.4) is 0 Å². The first-order valence-electron chi connectivity index (χ1n) is 9.21. The van der Waals surface area contributed by atoms with E-state index >= 15 is 0 Å². The average molecular weight is 424 g/mol. The highest BCUT2D eigenvalue weighted by Crippen LogP contribution is 2.27. The number of halogens is 4. The summed E-state index contributed by atoms with van der Waals surface area (Å²) in [6.07, 6.45) is -4.76. The third-order valence-corrected chi connectivity index (χ3v) is 4.99. The highest BCUT2D eigenvalue weighted by Gasteiger charge is 2.39. The van der Waals surface area contributed by atoms with Crippen LogP contribution >= 0.6 is 0 Å². The molecule has 6 nitrogen and oxygen atoms in total. The van der Waals surface area contributed by atoms with Crippen LogP contribution in [0.4, 0.5) is 23.4 Å². The summed E-state index contributed by atoms with van der Waals surface area (Å²) in [5.74, 6) is -2.05. The van der Waals surface area contributed by atoms with Gasteiger partial charge in [-0.25, -0.2) is 9.37 Å². The average Bonchev–Trinajstić information content (AvgIpc) is 2.70. The molecule has 1 fully saturated rings. The van der Waals surface area contributed by atoms with Gasteiger partial charge in [-0.15, -0.1) is 0 Å². The van der Waals surface area contributed by atoms with Gasteiger partial charge >= 0.3 is 6.18 Å². The number of likely N-dealkylation sites (N-methyl/N-ethyl adjacent to an activating group) is 1. The van der Waals surface area contributed by atoms with Crippen LogP contribution in [0.1, 0.15) is 23.2 Å². The monoisotopic (exact) mass is 424 g/mol. The molecular formula is C20H20F4N4O2. The molecule has 2 N–H and O–H groups in total. The smallest absolute Gasteiger partial charge is 0.381 e. The number of amides is 2. The van der Waals surface area contributed by atoms with Gasteiger partial charge in [0.05, 0.1) is 0 Å². The number of nitrogen functional groups attached to an aromatic ring is 1. The van der Waals surface area contributed by atoms with E-state index in [4.69, 9.17) is 5.73 Å². The molecule has 30 heavy (non-hydrogen) atoms. The molecule has 0 spiro atoms. The number of pyridine rings is 1. The Kier molecular flexibility index (Phi) is 5.95. The summed E-state index contributed by atoms with van der Waals surface area (Å²) < 4.78 is 51.9. The quantitative estimate of drug-likeness (QED) is 0.765. The molecule has 1 aliphatic heterocycles. The maximum absolute atomic E-state index is 13.7. The maximum atomic E-state index is 13.7. The van der Waals surface area contributed by atoms with Crippen molar-refractivity contribution >= 4 is 17.6 Å². The van der Waals surface area contributed by atoms with Gasteiger partial charge in [0.15, 0.2) is 11.6 Å². The molecule has 1 aliphatic rings. The number of rotatable bonds is 4. The fourth-order valence-electron chi connectivity index (χ4n) is 3.34. The van der Waals surface area contributed by atoms with Crippen LogP contribution in [-0.4, -0.2) is 59.0 Å². The summed E-state index contributed by atoms with van der Waals surface area (Å²) in [6, 6.07) is 6.17. The number of aromatic nitrogens is 1. The number of piperazine rings is 1. The predicted molar refractivity (Wildman–Crippen MR) is 102 cm³/mol. The van der Waals surface area contributed by atoms with E-state index in [1.807, 2.05) is 0 Å². The van der Waals surface area contributed by atoms with Gasteiger partial charge in [-0.05, 0) is 30.2 Å². The zero-order chi connectivity index (χ0) is 22.1. The van der Waals surface area contributed by atoms with Gasteiger partial charge in [0.25, 0.3) is 5.91 Å². The third-order valence-electron chi connectivity index (χ3n) is 4.99. The van der Waals surface area contributed by atoms with Gasteiger partial charge in [0, 0.05) is 43.9 Å². The molecule has 0 radical (unpaired) electrons. The minimum absolute atomic E-state index is 0.117. The van der Waals surface area contributed by atoms with Crippen LogP contribution in [0.25, 0.3) is 11.1 Å². The Bertz CT molecular complexity index is 964. The minimum Gasteiger partial charge on any atom is -0.381 e. The fraction of sp³-hybridized carbons (Fsp3) is 0.350. The molecule has 1 unspecified atom stereocenters. The zero-order valence-corrected chi connectivity index (χ0v) is 16.1. The van der Waals surface area contributed by atoms with Crippen LogP contribution in [0.5, 0.6) is 0 Å². The normalized spacial score (nSPS) is 17.4. The number of anilines is 1. The van der Waals surface area contributed by atoms with E-state index in [9.17, 15) is 27.2 Å². The lowest BCUT2D eigenvalue weighted by Gasteiger charge is -2.39. The van der Waals surface area contributed by atoms with E-state index in [-0.39, 0.29) is 24.5 Å². The molecule has 3 rings (SSSR count). The number of carbonyl (C=O) groups is 2. The first-order chi connectivity index (χ1) is 14.1. The summed E-state index contributed by atoms with van der Waals surface area (Å²) in [4.78, 5) is 31.8. The SMILES string of the molecule is CN1CCN(C(=O)c2cccc(-c3cnc(N)c(F)c3)c2)C(CCC(F)(F)F)C1=O. The highest BCUT2D eigenvalue weighted by molar-refractivity contribution is 5.99. The van der Waals surface area contributed by atoms with Crippen molar-refractivity contribution in [2.45, 2.75) is 25.1 Å². The number of carbonyl (C=O) groups excluding carboxylic acids is 2. The van der Waals surface area contributed by atoms with Crippen LogP contribution < -0.4 is 5.73 Å². The Hall–Kier alpha value is -3.17. The van der Waals surface area contributed by atoms with E-state index in [1.54, 1.807) is 12.1 Å². The second-order valence-electron chi connectivity index (χ2n) is 7.10. The summed E-state index contributed by atoms with van der Waals surface area (Å²) in [5, 5.41) is 0. The molecule has 0 aliphatic carbocycles. The Morgan fingerprint density at radius 3 is 2.63 bits per heavy atom. The van der Waals surface area contributed by atoms with Gasteiger partial charge in [-0.2, -0.15) is 13.2 Å². The molecule has 160 valence electrons. The van der Waals surface area contributed by atoms with E-state index < -0.39 is 42.7 Å². The van der Waals surface area contributed by atoms with Crippen LogP contribution in [0.2, 0.25) is 0 Å². The van der Waals surface area contributed by atoms with Crippen LogP contribution in [-0.2, 0) is 4.79 Å². The van der Waals surface area contributed by atoms with Gasteiger partial charge in [-0.3, -0.25) is 9.59 Å². The van der Waals surface area contributed by atoms with Crippen molar-refractivity contribution in [2.75, 3.05) is 25.9 Å². The minimum atomic E-state index is -4.43. The summed E-state index contributed by atoms with van der Waals surface area (Å²) in [5.41, 5.74) is 6.43. The van der Waals surface area contributed by atoms with Gasteiger partial charge < -0.3 is 15.5 Å². The number of hydrogen-bond acceptors (Lipinski definition) is 4. The predicted octanol–water partition coefficient (Wildman–Crippen LogP) is 3.10. The van der Waals surface area contributed by atoms with Gasteiger partial charge in [0.1, 0.15) is 6.04 Å². The Morgan fingerprint density at radius 1 is 1.23 bits per heavy atom. The molecule has 2 heterocycles. The molecule has 1 aromatic carbocycles. The molecule has 0 bridgehead atoms. The molecule has 1 saturated heterocycles. The summed E-state index contributed by atoms with van der Waals surface area (Å²) in [6.45, 7) is 0.339. The van der Waals surface area contributed by atoms with Crippen molar-refractivity contribution < 1.29 is 27.2 Å². The largest absolute Gasteiger partial charge is 0.389 e. The topological polar surface area (TPSA) is 79.5 Å². The van der Waals surface area contributed by atoms with Crippen molar-refractivity contribution in [2.24, 2.45) is 0 Å². The molecule has 0 saturated carbocycles. The van der Waals surface area contributed by atoms with Gasteiger partial charge in [0.2, 0.25) is 5.91 Å². The fourth-order valence-corrected chi connectivity index (χ4v) is 3.34. The summed E-state index contributed by atoms with van der Waals surface area (Å²) in [7, 11) is 1.49. The Morgan fingerprint density at radius 2 is 1.97 bits per heavy atom. The second kappa shape index (κ2) is 8.29. The van der Waals surface area contributed by atoms with Gasteiger partial charge in [-0.1, -0.05) is 12.1 Å². The number of nitrogens with zero attached hydrogens (tertiary/aromatic N) is 3. The van der Waals surface area contributed by atoms with Crippen molar-refractivity contribution in [3.8, 4) is 11.1 Å². The maximum Gasteiger partial charge on any atom is 0.389 e. The van der Waals surface area contributed by atoms with E-state index in [2.05, 4.69) is 4.98 Å². The molecule has 10 heteroatoms. The first kappa shape index (κ1) is 21.5. The second-order valence-corrected chi connectivity index (χ2v) is 7.10. The molecule has 2 aromatic rings. The Labute approximate surface area is 170 Å². The standard InChI is InChI=1S/C20H20F4N4O2/c1-27-7-8-28(16(19(27)30)5-6-20(22,23)24)18(29)13-4-2-3-12(9-13)14-10-15(21)17(25)26-11-14/h2-4,9-11,16H,5-8H2,1H3,(H2,25,26).